The third kappa shape index (κ3) is 4.81. The van der Waals surface area contributed by atoms with Crippen molar-refractivity contribution in [3.63, 3.8) is 0 Å². The van der Waals surface area contributed by atoms with Crippen molar-refractivity contribution in [3.05, 3.63) is 65.5 Å². The average Bonchev–Trinajstić information content (AvgIpc) is 2.67. The normalized spacial score (nSPS) is 15.8. The fourth-order valence-corrected chi connectivity index (χ4v) is 3.09. The van der Waals surface area contributed by atoms with E-state index >= 15 is 0 Å². The Kier molecular flexibility index (Phi) is 7.57. The van der Waals surface area contributed by atoms with Gasteiger partial charge in [0.15, 0.2) is 17.3 Å². The number of ether oxygens (including phenoxy) is 2. The number of hydrogen-bond acceptors (Lipinski definition) is 4. The van der Waals surface area contributed by atoms with Gasteiger partial charge in [-0.15, -0.1) is 12.4 Å². The fourth-order valence-electron chi connectivity index (χ4n) is 3.09. The van der Waals surface area contributed by atoms with Crippen LogP contribution in [0.4, 0.5) is 4.39 Å². The highest BCUT2D eigenvalue weighted by atomic mass is 35.5. The van der Waals surface area contributed by atoms with Gasteiger partial charge in [-0.3, -0.25) is 9.69 Å². The van der Waals surface area contributed by atoms with Crippen LogP contribution in [0.1, 0.15) is 21.8 Å². The molecule has 0 bridgehead atoms. The van der Waals surface area contributed by atoms with Crippen LogP contribution in [0, 0.1) is 5.82 Å². The summed E-state index contributed by atoms with van der Waals surface area (Å²) in [5.74, 6) is -0.807. The van der Waals surface area contributed by atoms with Gasteiger partial charge in [-0.25, -0.2) is 4.39 Å². The summed E-state index contributed by atoms with van der Waals surface area (Å²) in [5.41, 5.74) is 1.30. The monoisotopic (exact) mass is 379 g/mol. The van der Waals surface area contributed by atoms with E-state index in [1.165, 1.54) is 19.2 Å². The van der Waals surface area contributed by atoms with E-state index in [1.807, 2.05) is 30.3 Å². The van der Waals surface area contributed by atoms with Crippen molar-refractivity contribution in [1.29, 1.82) is 0 Å². The minimum absolute atomic E-state index is 0. The van der Waals surface area contributed by atoms with Gasteiger partial charge >= 0.3 is 0 Å². The van der Waals surface area contributed by atoms with Crippen LogP contribution in [0.15, 0.2) is 48.5 Å². The molecule has 3 rings (SSSR count). The van der Waals surface area contributed by atoms with E-state index in [0.717, 1.165) is 18.7 Å². The molecule has 1 aliphatic heterocycles. The summed E-state index contributed by atoms with van der Waals surface area (Å²) in [5, 5.41) is 0. The van der Waals surface area contributed by atoms with Crippen LogP contribution < -0.4 is 4.74 Å². The first kappa shape index (κ1) is 20.4. The Balaban J connectivity index is 0.00000243. The molecule has 0 aliphatic carbocycles. The number of ketones is 1. The molecule has 1 fully saturated rings. The van der Waals surface area contributed by atoms with Crippen LogP contribution in [0.3, 0.4) is 0 Å². The maximum absolute atomic E-state index is 14.0. The quantitative estimate of drug-likeness (QED) is 0.719. The molecule has 0 spiro atoms. The number of halogens is 2. The fraction of sp³-hybridized carbons (Fsp3) is 0.350. The van der Waals surface area contributed by atoms with Crippen LogP contribution in [0.5, 0.6) is 5.75 Å². The second-order valence-corrected chi connectivity index (χ2v) is 6.09. The second-order valence-electron chi connectivity index (χ2n) is 6.09. The highest BCUT2D eigenvalue weighted by Gasteiger charge is 2.26. The largest absolute Gasteiger partial charge is 0.494 e. The van der Waals surface area contributed by atoms with E-state index < -0.39 is 5.82 Å². The third-order valence-electron chi connectivity index (χ3n) is 4.50. The predicted octanol–water partition coefficient (Wildman–Crippen LogP) is 3.55. The molecule has 2 aromatic carbocycles. The van der Waals surface area contributed by atoms with Crippen LogP contribution in [-0.4, -0.2) is 50.6 Å². The molecule has 0 radical (unpaired) electrons. The Morgan fingerprint density at radius 3 is 2.50 bits per heavy atom. The molecular weight excluding hydrogens is 357 g/mol. The molecule has 0 N–H and O–H groups in total. The van der Waals surface area contributed by atoms with Crippen molar-refractivity contribution >= 4 is 18.2 Å². The maximum atomic E-state index is 14.0. The second kappa shape index (κ2) is 9.67. The van der Waals surface area contributed by atoms with Crippen molar-refractivity contribution in [2.45, 2.75) is 5.92 Å². The van der Waals surface area contributed by atoms with Crippen molar-refractivity contribution in [2.75, 3.05) is 40.0 Å². The van der Waals surface area contributed by atoms with Gasteiger partial charge in [-0.05, 0) is 23.8 Å². The minimum atomic E-state index is -0.522. The average molecular weight is 380 g/mol. The van der Waals surface area contributed by atoms with Gasteiger partial charge in [-0.1, -0.05) is 30.3 Å². The first-order chi connectivity index (χ1) is 12.2. The lowest BCUT2D eigenvalue weighted by molar-refractivity contribution is 0.0345. The van der Waals surface area contributed by atoms with Gasteiger partial charge in [-0.2, -0.15) is 0 Å². The van der Waals surface area contributed by atoms with Crippen LogP contribution in [0.25, 0.3) is 0 Å². The molecule has 4 nitrogen and oxygen atoms in total. The van der Waals surface area contributed by atoms with Gasteiger partial charge in [0.1, 0.15) is 0 Å². The van der Waals surface area contributed by atoms with Crippen LogP contribution in [-0.2, 0) is 4.74 Å². The number of benzene rings is 2. The molecule has 2 aromatic rings. The Hall–Kier alpha value is -1.95. The van der Waals surface area contributed by atoms with Crippen LogP contribution in [0.2, 0.25) is 0 Å². The number of carbonyl (C=O) groups is 1. The molecule has 0 amide bonds. The minimum Gasteiger partial charge on any atom is -0.494 e. The van der Waals surface area contributed by atoms with Crippen molar-refractivity contribution in [3.8, 4) is 5.75 Å². The Bertz CT molecular complexity index is 720. The van der Waals surface area contributed by atoms with Gasteiger partial charge < -0.3 is 9.47 Å². The molecule has 26 heavy (non-hydrogen) atoms. The van der Waals surface area contributed by atoms with E-state index in [-0.39, 0.29) is 29.9 Å². The smallest absolute Gasteiger partial charge is 0.171 e. The molecule has 6 heteroatoms. The van der Waals surface area contributed by atoms with Gasteiger partial charge in [0, 0.05) is 25.2 Å². The highest BCUT2D eigenvalue weighted by Crippen LogP contribution is 2.25. The third-order valence-corrected chi connectivity index (χ3v) is 4.50. The first-order valence-electron chi connectivity index (χ1n) is 8.42. The molecule has 0 saturated carbocycles. The number of methoxy groups -OCH3 is 1. The van der Waals surface area contributed by atoms with Crippen molar-refractivity contribution in [2.24, 2.45) is 0 Å². The molecule has 1 aliphatic rings. The zero-order valence-corrected chi connectivity index (χ0v) is 15.5. The zero-order valence-electron chi connectivity index (χ0n) is 14.7. The number of nitrogens with zero attached hydrogens (tertiary/aromatic N) is 1. The number of hydrogen-bond donors (Lipinski definition) is 0. The summed E-state index contributed by atoms with van der Waals surface area (Å²) < 4.78 is 24.4. The summed E-state index contributed by atoms with van der Waals surface area (Å²) >= 11 is 0. The Labute approximate surface area is 159 Å². The maximum Gasteiger partial charge on any atom is 0.171 e. The van der Waals surface area contributed by atoms with Gasteiger partial charge in [0.25, 0.3) is 0 Å². The Morgan fingerprint density at radius 2 is 1.88 bits per heavy atom. The summed E-state index contributed by atoms with van der Waals surface area (Å²) in [7, 11) is 1.41. The number of rotatable bonds is 6. The van der Waals surface area contributed by atoms with Crippen molar-refractivity contribution < 1.29 is 18.7 Å². The number of Topliss-reactive ketones (excluding diaryl/α,β-unsaturated/α-hetero) is 1. The molecule has 140 valence electrons. The first-order valence-corrected chi connectivity index (χ1v) is 8.42. The summed E-state index contributed by atoms with van der Waals surface area (Å²) in [6.07, 6.45) is 0. The summed E-state index contributed by atoms with van der Waals surface area (Å²) in [6, 6.07) is 14.0. The Morgan fingerprint density at radius 1 is 1.19 bits per heavy atom. The number of morpholine rings is 1. The summed E-state index contributed by atoms with van der Waals surface area (Å²) in [6.45, 7) is 3.54. The molecular formula is C20H23ClFNO3. The molecule has 0 aromatic heterocycles. The molecule has 1 saturated heterocycles. The SMILES string of the molecule is COc1ccc(C(=O)C(CN2CCOCC2)c2ccccc2)cc1F.Cl. The zero-order chi connectivity index (χ0) is 17.6. The van der Waals surface area contributed by atoms with E-state index in [4.69, 9.17) is 9.47 Å². The standard InChI is InChI=1S/C20H22FNO3.ClH/c1-24-19-8-7-16(13-18(19)21)20(23)17(15-5-3-2-4-6-15)14-22-9-11-25-12-10-22;/h2-8,13,17H,9-12,14H2,1H3;1H. The molecule has 1 heterocycles. The highest BCUT2D eigenvalue weighted by molar-refractivity contribution is 6.01. The molecule has 1 unspecified atom stereocenters. The number of carbonyl (C=O) groups excluding carboxylic acids is 1. The summed E-state index contributed by atoms with van der Waals surface area (Å²) in [4.78, 5) is 15.3. The van der Waals surface area contributed by atoms with E-state index in [1.54, 1.807) is 6.07 Å². The topological polar surface area (TPSA) is 38.8 Å². The predicted molar refractivity (Wildman–Crippen MR) is 101 cm³/mol. The van der Waals surface area contributed by atoms with E-state index in [0.29, 0.717) is 25.3 Å². The van der Waals surface area contributed by atoms with E-state index in [9.17, 15) is 9.18 Å². The van der Waals surface area contributed by atoms with Gasteiger partial charge in [0.2, 0.25) is 0 Å². The molecule has 1 atom stereocenters. The van der Waals surface area contributed by atoms with Crippen LogP contribution >= 0.6 is 12.4 Å². The lowest BCUT2D eigenvalue weighted by Gasteiger charge is -2.30. The lowest BCUT2D eigenvalue weighted by atomic mass is 9.90. The lowest BCUT2D eigenvalue weighted by Crippen LogP contribution is -2.40. The van der Waals surface area contributed by atoms with Gasteiger partial charge in [0.05, 0.1) is 26.2 Å². The van der Waals surface area contributed by atoms with Crippen molar-refractivity contribution in [1.82, 2.24) is 4.90 Å². The van der Waals surface area contributed by atoms with E-state index in [2.05, 4.69) is 4.90 Å².